The first-order valence-corrected chi connectivity index (χ1v) is 8.10. The highest BCUT2D eigenvalue weighted by atomic mass is 16.6. The number of likely N-dealkylation sites (tertiary alicyclic amines) is 1. The summed E-state index contributed by atoms with van der Waals surface area (Å²) in [5.41, 5.74) is 1.09. The summed E-state index contributed by atoms with van der Waals surface area (Å²) in [6.07, 6.45) is 9.58. The molecular formula is C16H23N3O6. The summed E-state index contributed by atoms with van der Waals surface area (Å²) in [7, 11) is 0. The van der Waals surface area contributed by atoms with Gasteiger partial charge < -0.3 is 24.7 Å². The van der Waals surface area contributed by atoms with E-state index in [-0.39, 0.29) is 6.09 Å². The Hall–Kier alpha value is -2.68. The Morgan fingerprint density at radius 3 is 2.52 bits per heavy atom. The number of alkyl carbamates (subject to hydrolysis) is 2. The fourth-order valence-corrected chi connectivity index (χ4v) is 2.27. The van der Waals surface area contributed by atoms with Crippen LogP contribution in [0.25, 0.3) is 0 Å². The lowest BCUT2D eigenvalue weighted by atomic mass is 10.1. The molecule has 25 heavy (non-hydrogen) atoms. The number of rotatable bonds is 6. The van der Waals surface area contributed by atoms with Gasteiger partial charge in [-0.15, -0.1) is 0 Å². The van der Waals surface area contributed by atoms with Crippen molar-refractivity contribution in [2.75, 3.05) is 19.7 Å². The molecule has 0 atom stereocenters. The van der Waals surface area contributed by atoms with E-state index in [1.807, 2.05) is 0 Å². The lowest BCUT2D eigenvalue weighted by Crippen LogP contribution is -3.15. The Bertz CT molecular complexity index is 548. The fourth-order valence-electron chi connectivity index (χ4n) is 2.27. The van der Waals surface area contributed by atoms with Gasteiger partial charge >= 0.3 is 12.1 Å². The van der Waals surface area contributed by atoms with Crippen molar-refractivity contribution in [1.29, 1.82) is 0 Å². The van der Waals surface area contributed by atoms with Crippen LogP contribution in [0.4, 0.5) is 4.79 Å². The monoisotopic (exact) mass is 353 g/mol. The van der Waals surface area contributed by atoms with Crippen molar-refractivity contribution in [1.82, 2.24) is 9.97 Å². The average Bonchev–Trinajstić information content (AvgIpc) is 3.11. The maximum atomic E-state index is 11.7. The minimum absolute atomic E-state index is 0.0747. The van der Waals surface area contributed by atoms with E-state index < -0.39 is 11.9 Å². The van der Waals surface area contributed by atoms with Crippen molar-refractivity contribution < 1.29 is 34.2 Å². The summed E-state index contributed by atoms with van der Waals surface area (Å²) in [4.78, 5) is 38.6. The van der Waals surface area contributed by atoms with Crippen molar-refractivity contribution in [2.45, 2.75) is 32.1 Å². The third kappa shape index (κ3) is 9.92. The number of nitrogens with zero attached hydrogens (tertiary/aromatic N) is 1. The number of H-pyrrole nitrogens is 1. The van der Waals surface area contributed by atoms with Gasteiger partial charge in [-0.25, -0.2) is 14.7 Å². The number of carbonyl (C=O) groups is 3. The van der Waals surface area contributed by atoms with Crippen LogP contribution in [0.3, 0.4) is 0 Å². The first-order valence-electron chi connectivity index (χ1n) is 8.10. The normalized spacial score (nSPS) is 14.6. The molecule has 9 nitrogen and oxygen atoms in total. The van der Waals surface area contributed by atoms with Gasteiger partial charge in [0, 0.05) is 18.0 Å². The minimum atomic E-state index is -1.51. The molecule has 0 aromatic carbocycles. The molecule has 0 spiro atoms. The molecular weight excluding hydrogens is 330 g/mol. The zero-order valence-corrected chi connectivity index (χ0v) is 13.9. The van der Waals surface area contributed by atoms with Crippen molar-refractivity contribution in [3.8, 4) is 0 Å². The maximum Gasteiger partial charge on any atom is 0.514 e. The molecule has 2 heterocycles. The summed E-state index contributed by atoms with van der Waals surface area (Å²) in [6.45, 7) is 2.36. The van der Waals surface area contributed by atoms with Gasteiger partial charge in [-0.05, 0) is 38.2 Å². The van der Waals surface area contributed by atoms with Crippen LogP contribution in [0, 0.1) is 0 Å². The Morgan fingerprint density at radius 1 is 1.28 bits per heavy atom. The molecule has 0 saturated carbocycles. The highest BCUT2D eigenvalue weighted by Crippen LogP contribution is 1.98. The van der Waals surface area contributed by atoms with Crippen LogP contribution >= 0.6 is 0 Å². The summed E-state index contributed by atoms with van der Waals surface area (Å²) < 4.78 is 5.27. The van der Waals surface area contributed by atoms with E-state index in [4.69, 9.17) is 9.84 Å². The summed E-state index contributed by atoms with van der Waals surface area (Å²) in [6, 6.07) is 0. The largest absolute Gasteiger partial charge is 0.545 e. The van der Waals surface area contributed by atoms with Crippen LogP contribution in [-0.4, -0.2) is 52.8 Å². The van der Waals surface area contributed by atoms with Crippen LogP contribution < -0.4 is 10.0 Å². The number of aromatic amines is 1. The van der Waals surface area contributed by atoms with Crippen LogP contribution in [0.2, 0.25) is 0 Å². The van der Waals surface area contributed by atoms with Gasteiger partial charge in [0.2, 0.25) is 0 Å². The van der Waals surface area contributed by atoms with E-state index in [9.17, 15) is 19.5 Å². The van der Waals surface area contributed by atoms with Crippen LogP contribution in [-0.2, 0) is 20.7 Å². The number of amides is 1. The van der Waals surface area contributed by atoms with Crippen LogP contribution in [0.5, 0.6) is 0 Å². The molecule has 0 bridgehead atoms. The van der Waals surface area contributed by atoms with Gasteiger partial charge in [-0.1, -0.05) is 0 Å². The van der Waals surface area contributed by atoms with Gasteiger partial charge in [-0.3, -0.25) is 0 Å². The predicted molar refractivity (Wildman–Crippen MR) is 84.6 cm³/mol. The van der Waals surface area contributed by atoms with Gasteiger partial charge in [0.15, 0.2) is 0 Å². The third-order valence-electron chi connectivity index (χ3n) is 3.49. The zero-order valence-electron chi connectivity index (χ0n) is 13.9. The molecule has 1 aliphatic rings. The molecule has 1 saturated heterocycles. The smallest absolute Gasteiger partial charge is 0.514 e. The Balaban J connectivity index is 0.000000333. The number of aliphatic carboxylic acids is 2. The van der Waals surface area contributed by atoms with Gasteiger partial charge in [0.05, 0.1) is 32.0 Å². The van der Waals surface area contributed by atoms with E-state index in [1.54, 1.807) is 12.5 Å². The minimum Gasteiger partial charge on any atom is -0.545 e. The number of ether oxygens (including phenoxy) is 1. The second-order valence-electron chi connectivity index (χ2n) is 5.47. The Labute approximate surface area is 145 Å². The molecule has 138 valence electrons. The highest BCUT2D eigenvalue weighted by molar-refractivity contribution is 5.88. The number of hydrogen-bond acceptors (Lipinski definition) is 6. The first-order chi connectivity index (χ1) is 12.0. The Kier molecular flexibility index (Phi) is 9.61. The SMILES string of the molecule is O=C(OCCCc1cnc[nH]1)[NH+]1CCCCC1.O=C([O-])/C=C\C(=O)O. The van der Waals surface area contributed by atoms with Gasteiger partial charge in [-0.2, -0.15) is 4.79 Å². The third-order valence-corrected chi connectivity index (χ3v) is 3.49. The molecule has 0 unspecified atom stereocenters. The predicted octanol–water partition coefficient (Wildman–Crippen LogP) is -1.08. The van der Waals surface area contributed by atoms with Crippen molar-refractivity contribution in [2.24, 2.45) is 0 Å². The number of piperidine rings is 1. The number of quaternary nitrogens is 1. The van der Waals surface area contributed by atoms with E-state index in [0.717, 1.165) is 49.4 Å². The van der Waals surface area contributed by atoms with Crippen LogP contribution in [0.1, 0.15) is 31.4 Å². The molecule has 1 fully saturated rings. The number of hydrogen-bond donors (Lipinski definition) is 3. The molecule has 9 heteroatoms. The summed E-state index contributed by atoms with van der Waals surface area (Å²) >= 11 is 0. The standard InChI is InChI=1S/C12H19N3O2.C4H4O4/c16-12(15-6-2-1-3-7-15)17-8-4-5-11-9-13-10-14-11;5-3(6)1-2-4(7)8/h9-10H,1-8H2,(H,13,14);1-2H,(H,5,6)(H,7,8)/b;2-1-. The Morgan fingerprint density at radius 2 is 2.00 bits per heavy atom. The molecule has 1 aromatic heterocycles. The highest BCUT2D eigenvalue weighted by Gasteiger charge is 2.23. The second kappa shape index (κ2) is 11.8. The van der Waals surface area contributed by atoms with Crippen LogP contribution in [0.15, 0.2) is 24.7 Å². The van der Waals surface area contributed by atoms with Gasteiger partial charge in [0.1, 0.15) is 0 Å². The molecule has 0 aliphatic carbocycles. The lowest BCUT2D eigenvalue weighted by Gasteiger charge is -2.20. The lowest BCUT2D eigenvalue weighted by molar-refractivity contribution is -0.829. The van der Waals surface area contributed by atoms with Gasteiger partial charge in [0.25, 0.3) is 0 Å². The van der Waals surface area contributed by atoms with E-state index in [0.29, 0.717) is 18.8 Å². The number of imidazole rings is 1. The topological polar surface area (TPSA) is 137 Å². The molecule has 0 radical (unpaired) electrons. The number of aryl methyl sites for hydroxylation is 1. The van der Waals surface area contributed by atoms with Crippen molar-refractivity contribution >= 4 is 18.0 Å². The second-order valence-corrected chi connectivity index (χ2v) is 5.47. The maximum absolute atomic E-state index is 11.7. The van der Waals surface area contributed by atoms with E-state index in [2.05, 4.69) is 9.97 Å². The summed E-state index contributed by atoms with van der Waals surface area (Å²) in [5.74, 6) is -2.80. The van der Waals surface area contributed by atoms with E-state index in [1.165, 1.54) is 6.42 Å². The molecule has 3 N–H and O–H groups in total. The molecule has 1 aromatic rings. The van der Waals surface area contributed by atoms with Crippen molar-refractivity contribution in [3.05, 3.63) is 30.4 Å². The number of aromatic nitrogens is 2. The average molecular weight is 353 g/mol. The zero-order chi connectivity index (χ0) is 18.5. The number of carboxylic acids is 2. The quantitative estimate of drug-likeness (QED) is 0.437. The first kappa shape index (κ1) is 20.4. The number of carbonyl (C=O) groups excluding carboxylic acids is 2. The van der Waals surface area contributed by atoms with E-state index >= 15 is 0 Å². The fraction of sp³-hybridized carbons (Fsp3) is 0.500. The number of nitrogens with one attached hydrogen (secondary N) is 2. The number of carboxylic acid groups (broad SMARTS) is 2. The molecule has 2 rings (SSSR count). The van der Waals surface area contributed by atoms with Crippen molar-refractivity contribution in [3.63, 3.8) is 0 Å². The molecule has 1 aliphatic heterocycles. The summed E-state index contributed by atoms with van der Waals surface area (Å²) in [5, 5.41) is 17.2. The molecule has 1 amide bonds.